The van der Waals surface area contributed by atoms with Crippen molar-refractivity contribution >= 4 is 17.9 Å². The van der Waals surface area contributed by atoms with E-state index in [4.69, 9.17) is 4.74 Å². The normalized spacial score (nSPS) is 22.7. The molecule has 1 aromatic heterocycles. The number of rotatable bonds is 5. The summed E-state index contributed by atoms with van der Waals surface area (Å²) in [6.07, 6.45) is 3.46. The Hall–Kier alpha value is -3.20. The SMILES string of the molecule is COc1cccc([C@@]2(C)NC(=O)N(C[NH+]3CCN(c4ncccn4)CC3)C2=O)c1. The molecule has 0 aliphatic carbocycles. The average Bonchev–Trinajstić information content (AvgIpc) is 2.99. The molecule has 2 aromatic rings. The Morgan fingerprint density at radius 1 is 1.17 bits per heavy atom. The fraction of sp³-hybridized carbons (Fsp3) is 0.400. The van der Waals surface area contributed by atoms with Crippen molar-refractivity contribution in [1.29, 1.82) is 0 Å². The van der Waals surface area contributed by atoms with Crippen LogP contribution in [0.15, 0.2) is 42.7 Å². The fourth-order valence-corrected chi connectivity index (χ4v) is 3.83. The van der Waals surface area contributed by atoms with Crippen molar-refractivity contribution in [2.45, 2.75) is 12.5 Å². The molecule has 2 N–H and O–H groups in total. The van der Waals surface area contributed by atoms with Gasteiger partial charge in [0.05, 0.1) is 33.3 Å². The smallest absolute Gasteiger partial charge is 0.329 e. The number of piperazine rings is 1. The van der Waals surface area contributed by atoms with Crippen molar-refractivity contribution in [3.05, 3.63) is 48.3 Å². The van der Waals surface area contributed by atoms with Gasteiger partial charge in [-0.1, -0.05) is 12.1 Å². The summed E-state index contributed by atoms with van der Waals surface area (Å²) in [5.74, 6) is 1.12. The van der Waals surface area contributed by atoms with Gasteiger partial charge in [0.2, 0.25) is 5.95 Å². The first-order valence-electron chi connectivity index (χ1n) is 9.65. The quantitative estimate of drug-likeness (QED) is 0.668. The molecule has 0 unspecified atom stereocenters. The number of anilines is 1. The number of urea groups is 1. The van der Waals surface area contributed by atoms with Crippen LogP contribution in [0.5, 0.6) is 5.75 Å². The summed E-state index contributed by atoms with van der Waals surface area (Å²) >= 11 is 0. The Balaban J connectivity index is 1.42. The van der Waals surface area contributed by atoms with Gasteiger partial charge in [-0.3, -0.25) is 4.79 Å². The number of aromatic nitrogens is 2. The third-order valence-electron chi connectivity index (χ3n) is 5.61. The number of nitrogens with zero attached hydrogens (tertiary/aromatic N) is 4. The zero-order valence-electron chi connectivity index (χ0n) is 16.6. The Morgan fingerprint density at radius 2 is 1.90 bits per heavy atom. The molecule has 0 bridgehead atoms. The second kappa shape index (κ2) is 7.67. The number of amides is 3. The highest BCUT2D eigenvalue weighted by atomic mass is 16.5. The van der Waals surface area contributed by atoms with Gasteiger partial charge in [-0.2, -0.15) is 0 Å². The molecule has 1 atom stereocenters. The van der Waals surface area contributed by atoms with Gasteiger partial charge in [0.15, 0.2) is 6.67 Å². The zero-order chi connectivity index (χ0) is 20.4. The number of hydrogen-bond donors (Lipinski definition) is 2. The minimum absolute atomic E-state index is 0.239. The molecule has 0 saturated carbocycles. The van der Waals surface area contributed by atoms with Crippen LogP contribution in [0.4, 0.5) is 10.7 Å². The van der Waals surface area contributed by atoms with Gasteiger partial charge in [0.25, 0.3) is 5.91 Å². The number of carbonyl (C=O) groups is 2. The third-order valence-corrected chi connectivity index (χ3v) is 5.61. The lowest BCUT2D eigenvalue weighted by molar-refractivity contribution is -0.907. The lowest BCUT2D eigenvalue weighted by Gasteiger charge is -2.33. The predicted octanol–water partition coefficient (Wildman–Crippen LogP) is -0.385. The lowest BCUT2D eigenvalue weighted by Crippen LogP contribution is -3.16. The molecule has 9 nitrogen and oxygen atoms in total. The Morgan fingerprint density at radius 3 is 2.59 bits per heavy atom. The van der Waals surface area contributed by atoms with Gasteiger partial charge in [0, 0.05) is 12.4 Å². The van der Waals surface area contributed by atoms with E-state index in [9.17, 15) is 9.59 Å². The maximum Gasteiger partial charge on any atom is 0.329 e. The van der Waals surface area contributed by atoms with E-state index in [1.165, 1.54) is 9.80 Å². The minimum Gasteiger partial charge on any atom is -0.497 e. The van der Waals surface area contributed by atoms with Gasteiger partial charge in [-0.15, -0.1) is 0 Å². The van der Waals surface area contributed by atoms with Crippen LogP contribution in [0.1, 0.15) is 12.5 Å². The molecular weight excluding hydrogens is 372 g/mol. The van der Waals surface area contributed by atoms with Crippen molar-refractivity contribution in [3.8, 4) is 5.75 Å². The van der Waals surface area contributed by atoms with E-state index < -0.39 is 5.54 Å². The Bertz CT molecular complexity index is 900. The lowest BCUT2D eigenvalue weighted by atomic mass is 9.92. The van der Waals surface area contributed by atoms with Crippen LogP contribution < -0.4 is 19.9 Å². The predicted molar refractivity (Wildman–Crippen MR) is 106 cm³/mol. The van der Waals surface area contributed by atoms with E-state index in [-0.39, 0.29) is 11.9 Å². The molecule has 2 saturated heterocycles. The first kappa shape index (κ1) is 19.1. The summed E-state index contributed by atoms with van der Waals surface area (Å²) in [7, 11) is 1.58. The van der Waals surface area contributed by atoms with Crippen molar-refractivity contribution < 1.29 is 19.2 Å². The van der Waals surface area contributed by atoms with E-state index in [1.807, 2.05) is 18.2 Å². The van der Waals surface area contributed by atoms with Crippen LogP contribution in [0.2, 0.25) is 0 Å². The van der Waals surface area contributed by atoms with Gasteiger partial charge >= 0.3 is 6.03 Å². The van der Waals surface area contributed by atoms with E-state index in [1.54, 1.807) is 38.6 Å². The van der Waals surface area contributed by atoms with Crippen LogP contribution in [-0.2, 0) is 10.3 Å². The Labute approximate surface area is 169 Å². The van der Waals surface area contributed by atoms with E-state index in [2.05, 4.69) is 20.2 Å². The summed E-state index contributed by atoms with van der Waals surface area (Å²) in [6, 6.07) is 8.68. The number of methoxy groups -OCH3 is 1. The first-order valence-corrected chi connectivity index (χ1v) is 9.65. The third kappa shape index (κ3) is 3.61. The maximum absolute atomic E-state index is 13.2. The summed E-state index contributed by atoms with van der Waals surface area (Å²) in [5, 5.41) is 2.86. The molecule has 2 aliphatic rings. The molecule has 9 heteroatoms. The summed E-state index contributed by atoms with van der Waals surface area (Å²) < 4.78 is 5.26. The first-order chi connectivity index (χ1) is 14.0. The van der Waals surface area contributed by atoms with Crippen LogP contribution >= 0.6 is 0 Å². The number of benzene rings is 1. The molecule has 2 aliphatic heterocycles. The van der Waals surface area contributed by atoms with Crippen LogP contribution in [0, 0.1) is 0 Å². The standard InChI is InChI=1S/C20H24N6O3/c1-20(15-5-3-6-16(13-15)29-2)17(27)26(19(28)23-20)14-24-9-11-25(12-10-24)18-21-7-4-8-22-18/h3-8,13H,9-12,14H2,1-2H3,(H,23,28)/p+1/t20-/m1/s1. The molecule has 0 radical (unpaired) electrons. The number of nitrogens with one attached hydrogen (secondary N) is 2. The molecule has 0 spiro atoms. The number of carbonyl (C=O) groups excluding carboxylic acids is 2. The molecule has 2 fully saturated rings. The summed E-state index contributed by atoms with van der Waals surface area (Å²) in [5.41, 5.74) is -0.385. The molecule has 4 rings (SSSR count). The van der Waals surface area contributed by atoms with Crippen molar-refractivity contribution in [3.63, 3.8) is 0 Å². The number of ether oxygens (including phenoxy) is 1. The van der Waals surface area contributed by atoms with Gasteiger partial charge in [-0.25, -0.2) is 19.7 Å². The highest BCUT2D eigenvalue weighted by Crippen LogP contribution is 2.30. The molecule has 29 heavy (non-hydrogen) atoms. The summed E-state index contributed by atoms with van der Waals surface area (Å²) in [6.45, 7) is 5.22. The molecule has 152 valence electrons. The van der Waals surface area contributed by atoms with E-state index >= 15 is 0 Å². The average molecular weight is 397 g/mol. The van der Waals surface area contributed by atoms with Gasteiger partial charge < -0.3 is 19.9 Å². The monoisotopic (exact) mass is 397 g/mol. The highest BCUT2D eigenvalue weighted by Gasteiger charge is 2.50. The van der Waals surface area contributed by atoms with Crippen molar-refractivity contribution in [1.82, 2.24) is 20.2 Å². The van der Waals surface area contributed by atoms with Gasteiger partial charge in [0.1, 0.15) is 11.3 Å². The van der Waals surface area contributed by atoms with Crippen molar-refractivity contribution in [2.75, 3.05) is 44.9 Å². The second-order valence-corrected chi connectivity index (χ2v) is 7.46. The molecule has 1 aromatic carbocycles. The molecular formula is C20H25N6O3+. The zero-order valence-corrected chi connectivity index (χ0v) is 16.6. The fourth-order valence-electron chi connectivity index (χ4n) is 3.83. The molecule has 3 amide bonds. The van der Waals surface area contributed by atoms with Crippen molar-refractivity contribution in [2.24, 2.45) is 0 Å². The number of quaternary nitrogens is 1. The summed E-state index contributed by atoms with van der Waals surface area (Å²) in [4.78, 5) is 39.0. The largest absolute Gasteiger partial charge is 0.497 e. The maximum atomic E-state index is 13.2. The van der Waals surface area contributed by atoms with Crippen LogP contribution in [0.25, 0.3) is 0 Å². The van der Waals surface area contributed by atoms with Crippen LogP contribution in [-0.4, -0.2) is 66.8 Å². The number of imide groups is 1. The highest BCUT2D eigenvalue weighted by molar-refractivity contribution is 6.07. The minimum atomic E-state index is -1.09. The van der Waals surface area contributed by atoms with Gasteiger partial charge in [-0.05, 0) is 30.7 Å². The topological polar surface area (TPSA) is 92.1 Å². The second-order valence-electron chi connectivity index (χ2n) is 7.46. The van der Waals surface area contributed by atoms with Crippen LogP contribution in [0.3, 0.4) is 0 Å². The van der Waals surface area contributed by atoms with E-state index in [0.29, 0.717) is 23.9 Å². The number of hydrogen-bond acceptors (Lipinski definition) is 6. The Kier molecular flexibility index (Phi) is 5.06. The van der Waals surface area contributed by atoms with E-state index in [0.717, 1.165) is 26.2 Å². The molecule has 3 heterocycles.